The number of rotatable bonds is 0. The molecule has 0 N–H and O–H groups in total. The molecule has 0 aromatic heterocycles. The Morgan fingerprint density at radius 3 is 2.63 bits per heavy atom. The Morgan fingerprint density at radius 2 is 1.74 bits per heavy atom. The van der Waals surface area contributed by atoms with Gasteiger partial charge < -0.3 is 4.90 Å². The summed E-state index contributed by atoms with van der Waals surface area (Å²) in [6.07, 6.45) is 2.49. The van der Waals surface area contributed by atoms with Crippen molar-refractivity contribution in [2.24, 2.45) is 0 Å². The molecule has 2 aromatic carbocycles. The highest BCUT2D eigenvalue weighted by molar-refractivity contribution is 5.88. The summed E-state index contributed by atoms with van der Waals surface area (Å²) >= 11 is 0. The van der Waals surface area contributed by atoms with Gasteiger partial charge in [0.25, 0.3) is 0 Å². The fourth-order valence-corrected chi connectivity index (χ4v) is 3.82. The average Bonchev–Trinajstić information content (AvgIpc) is 2.45. The summed E-state index contributed by atoms with van der Waals surface area (Å²) in [5.74, 6) is 0. The van der Waals surface area contributed by atoms with E-state index in [1.807, 2.05) is 0 Å². The summed E-state index contributed by atoms with van der Waals surface area (Å²) in [7, 11) is 0. The van der Waals surface area contributed by atoms with Crippen molar-refractivity contribution >= 4 is 5.69 Å². The summed E-state index contributed by atoms with van der Waals surface area (Å²) < 4.78 is 0. The summed E-state index contributed by atoms with van der Waals surface area (Å²) in [5, 5.41) is 0. The molecule has 0 amide bonds. The predicted molar refractivity (Wildman–Crippen MR) is 80.6 cm³/mol. The maximum atomic E-state index is 2.61. The van der Waals surface area contributed by atoms with Crippen molar-refractivity contribution in [1.82, 2.24) is 0 Å². The van der Waals surface area contributed by atoms with Crippen molar-refractivity contribution in [1.29, 1.82) is 0 Å². The maximum Gasteiger partial charge on any atom is 0.0603 e. The summed E-state index contributed by atoms with van der Waals surface area (Å²) in [6.45, 7) is 5.89. The second-order valence-electron chi connectivity index (χ2n) is 6.17. The lowest BCUT2D eigenvalue weighted by Crippen LogP contribution is -2.47. The number of hydrogen-bond donors (Lipinski definition) is 0. The number of para-hydroxylation sites is 1. The highest BCUT2D eigenvalue weighted by Gasteiger charge is 2.39. The van der Waals surface area contributed by atoms with Crippen LogP contribution in [-0.2, 0) is 12.0 Å². The van der Waals surface area contributed by atoms with Crippen LogP contribution in [0.3, 0.4) is 0 Å². The van der Waals surface area contributed by atoms with E-state index < -0.39 is 0 Å². The number of hydrogen-bond acceptors (Lipinski definition) is 1. The molecule has 2 aromatic rings. The molecule has 2 aliphatic rings. The second-order valence-corrected chi connectivity index (χ2v) is 6.17. The molecule has 2 heterocycles. The van der Waals surface area contributed by atoms with E-state index in [-0.39, 0.29) is 5.54 Å². The minimum atomic E-state index is 0.0973. The second kappa shape index (κ2) is 3.63. The summed E-state index contributed by atoms with van der Waals surface area (Å²) in [6, 6.07) is 15.7. The quantitative estimate of drug-likeness (QED) is 0.670. The third kappa shape index (κ3) is 1.36. The Labute approximate surface area is 114 Å². The van der Waals surface area contributed by atoms with Crippen LogP contribution in [0.4, 0.5) is 5.69 Å². The van der Waals surface area contributed by atoms with E-state index in [1.165, 1.54) is 47.3 Å². The lowest BCUT2D eigenvalue weighted by atomic mass is 9.78. The zero-order valence-corrected chi connectivity index (χ0v) is 11.6. The van der Waals surface area contributed by atoms with Crippen LogP contribution in [0.15, 0.2) is 42.5 Å². The monoisotopic (exact) mass is 249 g/mol. The molecule has 0 spiro atoms. The number of benzene rings is 2. The molecular weight excluding hydrogens is 230 g/mol. The van der Waals surface area contributed by atoms with Gasteiger partial charge in [-0.2, -0.15) is 0 Å². The molecule has 0 unspecified atom stereocenters. The van der Waals surface area contributed by atoms with Gasteiger partial charge >= 0.3 is 0 Å². The van der Waals surface area contributed by atoms with Gasteiger partial charge in [0.05, 0.1) is 5.54 Å². The standard InChI is InChI=1S/C18H19N/c1-18(2)16-11-4-3-9-14(16)15-10-5-7-13-8-6-12-19(18)17(13)15/h3-5,7,9-11H,6,8,12H2,1-2H3. The first-order chi connectivity index (χ1) is 9.19. The van der Waals surface area contributed by atoms with Gasteiger partial charge in [0.15, 0.2) is 0 Å². The molecule has 0 aliphatic carbocycles. The van der Waals surface area contributed by atoms with E-state index in [1.54, 1.807) is 0 Å². The van der Waals surface area contributed by atoms with Gasteiger partial charge in [-0.05, 0) is 43.4 Å². The van der Waals surface area contributed by atoms with Gasteiger partial charge in [0, 0.05) is 17.8 Å². The van der Waals surface area contributed by atoms with Crippen molar-refractivity contribution in [3.8, 4) is 11.1 Å². The Morgan fingerprint density at radius 1 is 0.947 bits per heavy atom. The lowest BCUT2D eigenvalue weighted by molar-refractivity contribution is 0.459. The number of anilines is 1. The van der Waals surface area contributed by atoms with E-state index in [9.17, 15) is 0 Å². The third-order valence-electron chi connectivity index (χ3n) is 4.77. The average molecular weight is 249 g/mol. The van der Waals surface area contributed by atoms with Crippen LogP contribution in [-0.4, -0.2) is 6.54 Å². The largest absolute Gasteiger partial charge is 0.362 e. The fraction of sp³-hybridized carbons (Fsp3) is 0.333. The van der Waals surface area contributed by atoms with Crippen LogP contribution in [0.5, 0.6) is 0 Å². The molecule has 1 heteroatoms. The topological polar surface area (TPSA) is 3.24 Å². The van der Waals surface area contributed by atoms with E-state index in [2.05, 4.69) is 61.2 Å². The molecule has 0 saturated heterocycles. The normalized spacial score (nSPS) is 18.7. The van der Waals surface area contributed by atoms with Crippen molar-refractivity contribution in [3.05, 3.63) is 53.6 Å². The van der Waals surface area contributed by atoms with Crippen LogP contribution in [0.2, 0.25) is 0 Å². The van der Waals surface area contributed by atoms with Gasteiger partial charge in [0.1, 0.15) is 0 Å². The van der Waals surface area contributed by atoms with Crippen molar-refractivity contribution in [3.63, 3.8) is 0 Å². The number of nitrogens with zero attached hydrogens (tertiary/aromatic N) is 1. The van der Waals surface area contributed by atoms with Crippen molar-refractivity contribution < 1.29 is 0 Å². The van der Waals surface area contributed by atoms with Crippen molar-refractivity contribution in [2.45, 2.75) is 32.2 Å². The Kier molecular flexibility index (Phi) is 2.12. The van der Waals surface area contributed by atoms with Gasteiger partial charge in [0.2, 0.25) is 0 Å². The molecular formula is C18H19N. The molecule has 0 radical (unpaired) electrons. The van der Waals surface area contributed by atoms with Gasteiger partial charge in [-0.1, -0.05) is 42.5 Å². The smallest absolute Gasteiger partial charge is 0.0603 e. The van der Waals surface area contributed by atoms with E-state index in [0.717, 1.165) is 0 Å². The Balaban J connectivity index is 2.11. The molecule has 0 fully saturated rings. The molecule has 19 heavy (non-hydrogen) atoms. The van der Waals surface area contributed by atoms with E-state index in [0.29, 0.717) is 0 Å². The van der Waals surface area contributed by atoms with Crippen LogP contribution < -0.4 is 4.90 Å². The molecule has 96 valence electrons. The minimum absolute atomic E-state index is 0.0973. The van der Waals surface area contributed by atoms with Crippen LogP contribution in [0.25, 0.3) is 11.1 Å². The number of fused-ring (bicyclic) bond motifs is 2. The molecule has 1 nitrogen and oxygen atoms in total. The first kappa shape index (κ1) is 11.1. The summed E-state index contributed by atoms with van der Waals surface area (Å²) in [5.41, 5.74) is 7.40. The molecule has 0 atom stereocenters. The van der Waals surface area contributed by atoms with E-state index in [4.69, 9.17) is 0 Å². The Bertz CT molecular complexity index is 654. The molecule has 0 saturated carbocycles. The summed E-state index contributed by atoms with van der Waals surface area (Å²) in [4.78, 5) is 2.61. The zero-order valence-electron chi connectivity index (χ0n) is 11.6. The van der Waals surface area contributed by atoms with Crippen LogP contribution in [0, 0.1) is 0 Å². The number of aryl methyl sites for hydroxylation is 1. The Hall–Kier alpha value is -1.76. The first-order valence-electron chi connectivity index (χ1n) is 7.19. The fourth-order valence-electron chi connectivity index (χ4n) is 3.82. The SMILES string of the molecule is CC1(C)c2ccccc2-c2cccc3c2N1CCC3. The minimum Gasteiger partial charge on any atom is -0.362 e. The van der Waals surface area contributed by atoms with Crippen molar-refractivity contribution in [2.75, 3.05) is 11.4 Å². The zero-order chi connectivity index (χ0) is 13.0. The maximum absolute atomic E-state index is 2.61. The van der Waals surface area contributed by atoms with Crippen LogP contribution >= 0.6 is 0 Å². The third-order valence-corrected chi connectivity index (χ3v) is 4.77. The first-order valence-corrected chi connectivity index (χ1v) is 7.19. The lowest BCUT2D eigenvalue weighted by Gasteiger charge is -2.49. The van der Waals surface area contributed by atoms with Gasteiger partial charge in [-0.3, -0.25) is 0 Å². The predicted octanol–water partition coefficient (Wildman–Crippen LogP) is 4.35. The highest BCUT2D eigenvalue weighted by atomic mass is 15.2. The van der Waals surface area contributed by atoms with E-state index >= 15 is 0 Å². The molecule has 4 rings (SSSR count). The van der Waals surface area contributed by atoms with Gasteiger partial charge in [-0.15, -0.1) is 0 Å². The van der Waals surface area contributed by atoms with Crippen LogP contribution in [0.1, 0.15) is 31.4 Å². The van der Waals surface area contributed by atoms with Gasteiger partial charge in [-0.25, -0.2) is 0 Å². The highest BCUT2D eigenvalue weighted by Crippen LogP contribution is 2.50. The molecule has 0 bridgehead atoms. The molecule has 2 aliphatic heterocycles.